The number of halogens is 1. The van der Waals surface area contributed by atoms with Crippen molar-refractivity contribution in [2.75, 3.05) is 7.11 Å². The molecule has 31 heavy (non-hydrogen) atoms. The van der Waals surface area contributed by atoms with Gasteiger partial charge in [0.15, 0.2) is 0 Å². The summed E-state index contributed by atoms with van der Waals surface area (Å²) in [5, 5.41) is 10.9. The van der Waals surface area contributed by atoms with E-state index in [9.17, 15) is 19.1 Å². The molecule has 156 valence electrons. The van der Waals surface area contributed by atoms with E-state index in [0.29, 0.717) is 11.3 Å². The van der Waals surface area contributed by atoms with Crippen LogP contribution in [0.3, 0.4) is 0 Å². The number of hydrogen-bond acceptors (Lipinski definition) is 5. The minimum absolute atomic E-state index is 0.0503. The Kier molecular flexibility index (Phi) is 5.49. The summed E-state index contributed by atoms with van der Waals surface area (Å²) in [6.45, 7) is 0.134. The molecule has 1 fully saturated rings. The number of nitrogens with zero attached hydrogens (tertiary/aromatic N) is 2. The average molecular weight is 418 g/mol. The van der Waals surface area contributed by atoms with Gasteiger partial charge in [-0.3, -0.25) is 14.6 Å². The van der Waals surface area contributed by atoms with Gasteiger partial charge >= 0.3 is 0 Å². The van der Waals surface area contributed by atoms with E-state index in [1.807, 2.05) is 0 Å². The van der Waals surface area contributed by atoms with E-state index in [4.69, 9.17) is 4.74 Å². The van der Waals surface area contributed by atoms with Crippen LogP contribution in [0, 0.1) is 5.82 Å². The summed E-state index contributed by atoms with van der Waals surface area (Å²) in [6.07, 6.45) is 3.23. The molecule has 0 radical (unpaired) electrons. The van der Waals surface area contributed by atoms with Crippen molar-refractivity contribution in [3.05, 3.63) is 101 Å². The van der Waals surface area contributed by atoms with Gasteiger partial charge in [-0.1, -0.05) is 18.2 Å². The highest BCUT2D eigenvalue weighted by Crippen LogP contribution is 2.40. The van der Waals surface area contributed by atoms with Crippen LogP contribution < -0.4 is 4.74 Å². The fourth-order valence-corrected chi connectivity index (χ4v) is 3.63. The highest BCUT2D eigenvalue weighted by molar-refractivity contribution is 6.46. The van der Waals surface area contributed by atoms with E-state index in [1.165, 1.54) is 36.3 Å². The van der Waals surface area contributed by atoms with Gasteiger partial charge in [0.25, 0.3) is 11.7 Å². The number of benzene rings is 2. The Morgan fingerprint density at radius 1 is 1.10 bits per heavy atom. The molecular weight excluding hydrogens is 399 g/mol. The molecule has 0 bridgehead atoms. The van der Waals surface area contributed by atoms with Crippen molar-refractivity contribution in [1.82, 2.24) is 9.88 Å². The van der Waals surface area contributed by atoms with Crippen molar-refractivity contribution < 1.29 is 23.8 Å². The molecule has 1 saturated heterocycles. The standard InChI is InChI=1S/C24H19FN2O4/c1-31-19-10-6-16(7-11-19)21-20(22(28)17-4-8-18(25)9-5-17)23(29)24(30)27(21)14-15-3-2-12-26-13-15/h2-13,21,28H,14H2,1H3/b22-20-. The molecule has 1 aliphatic heterocycles. The molecule has 2 aromatic carbocycles. The predicted molar refractivity (Wildman–Crippen MR) is 111 cm³/mol. The second kappa shape index (κ2) is 8.39. The fourth-order valence-electron chi connectivity index (χ4n) is 3.63. The number of rotatable bonds is 5. The zero-order chi connectivity index (χ0) is 22.0. The van der Waals surface area contributed by atoms with Crippen LogP contribution in [0.15, 0.2) is 78.6 Å². The lowest BCUT2D eigenvalue weighted by molar-refractivity contribution is -0.140. The Hall–Kier alpha value is -4.00. The van der Waals surface area contributed by atoms with Crippen molar-refractivity contribution in [2.24, 2.45) is 0 Å². The topological polar surface area (TPSA) is 79.7 Å². The summed E-state index contributed by atoms with van der Waals surface area (Å²) in [6, 6.07) is 14.7. The zero-order valence-electron chi connectivity index (χ0n) is 16.7. The molecule has 1 atom stereocenters. The van der Waals surface area contributed by atoms with Crippen molar-refractivity contribution in [3.8, 4) is 5.75 Å². The third kappa shape index (κ3) is 3.90. The van der Waals surface area contributed by atoms with E-state index >= 15 is 0 Å². The first kappa shape index (κ1) is 20.3. The summed E-state index contributed by atoms with van der Waals surface area (Å²) < 4.78 is 18.5. The normalized spacial score (nSPS) is 17.7. The molecule has 7 heteroatoms. The molecular formula is C24H19FN2O4. The quantitative estimate of drug-likeness (QED) is 0.387. The van der Waals surface area contributed by atoms with Gasteiger partial charge in [0, 0.05) is 24.5 Å². The van der Waals surface area contributed by atoms with E-state index in [-0.39, 0.29) is 23.4 Å². The first-order valence-electron chi connectivity index (χ1n) is 9.57. The summed E-state index contributed by atoms with van der Waals surface area (Å²) in [5.41, 5.74) is 1.57. The number of aliphatic hydroxyl groups excluding tert-OH is 1. The van der Waals surface area contributed by atoms with E-state index in [0.717, 1.165) is 5.56 Å². The molecule has 0 spiro atoms. The van der Waals surface area contributed by atoms with Crippen molar-refractivity contribution in [2.45, 2.75) is 12.6 Å². The number of amides is 1. The lowest BCUT2D eigenvalue weighted by Crippen LogP contribution is -2.29. The van der Waals surface area contributed by atoms with E-state index in [1.54, 1.807) is 48.8 Å². The first-order valence-corrected chi connectivity index (χ1v) is 9.57. The first-order chi connectivity index (χ1) is 15.0. The molecule has 1 amide bonds. The van der Waals surface area contributed by atoms with Crippen LogP contribution in [0.2, 0.25) is 0 Å². The largest absolute Gasteiger partial charge is 0.507 e. The number of hydrogen-bond donors (Lipinski definition) is 1. The van der Waals surface area contributed by atoms with Crippen LogP contribution in [-0.4, -0.2) is 33.8 Å². The minimum atomic E-state index is -0.823. The lowest BCUT2D eigenvalue weighted by atomic mass is 9.95. The van der Waals surface area contributed by atoms with Gasteiger partial charge < -0.3 is 14.7 Å². The molecule has 3 aromatic rings. The Morgan fingerprint density at radius 2 is 1.81 bits per heavy atom. The highest BCUT2D eigenvalue weighted by atomic mass is 19.1. The van der Waals surface area contributed by atoms with E-state index < -0.39 is 23.5 Å². The van der Waals surface area contributed by atoms with Gasteiger partial charge in [0.2, 0.25) is 0 Å². The maximum atomic E-state index is 13.3. The van der Waals surface area contributed by atoms with Crippen molar-refractivity contribution in [3.63, 3.8) is 0 Å². The molecule has 1 aromatic heterocycles. The molecule has 2 heterocycles. The van der Waals surface area contributed by atoms with Crippen LogP contribution in [0.4, 0.5) is 4.39 Å². The average Bonchev–Trinajstić information content (AvgIpc) is 3.05. The van der Waals surface area contributed by atoms with Crippen molar-refractivity contribution in [1.29, 1.82) is 0 Å². The highest BCUT2D eigenvalue weighted by Gasteiger charge is 2.46. The zero-order valence-corrected chi connectivity index (χ0v) is 16.7. The number of methoxy groups -OCH3 is 1. The molecule has 1 aliphatic rings. The number of carbonyl (C=O) groups is 2. The van der Waals surface area contributed by atoms with Gasteiger partial charge in [-0.2, -0.15) is 0 Å². The summed E-state index contributed by atoms with van der Waals surface area (Å²) in [4.78, 5) is 31.4. The van der Waals surface area contributed by atoms with Crippen LogP contribution in [0.5, 0.6) is 5.75 Å². The fraction of sp³-hybridized carbons (Fsp3) is 0.125. The number of likely N-dealkylation sites (tertiary alicyclic amines) is 1. The van der Waals surface area contributed by atoms with Crippen LogP contribution in [0.25, 0.3) is 5.76 Å². The summed E-state index contributed by atoms with van der Waals surface area (Å²) in [5.74, 6) is -1.74. The van der Waals surface area contributed by atoms with Crippen LogP contribution in [0.1, 0.15) is 22.7 Å². The predicted octanol–water partition coefficient (Wildman–Crippen LogP) is 3.85. The smallest absolute Gasteiger partial charge is 0.295 e. The number of Topliss-reactive ketones (excluding diaryl/α,β-unsaturated/α-hetero) is 1. The Labute approximate surface area is 178 Å². The number of aliphatic hydroxyl groups is 1. The molecule has 0 saturated carbocycles. The van der Waals surface area contributed by atoms with E-state index in [2.05, 4.69) is 4.98 Å². The maximum Gasteiger partial charge on any atom is 0.295 e. The van der Waals surface area contributed by atoms with Gasteiger partial charge in [0.1, 0.15) is 17.3 Å². The summed E-state index contributed by atoms with van der Waals surface area (Å²) >= 11 is 0. The monoisotopic (exact) mass is 418 g/mol. The van der Waals surface area contributed by atoms with Gasteiger partial charge in [-0.25, -0.2) is 4.39 Å². The molecule has 6 nitrogen and oxygen atoms in total. The molecule has 4 rings (SSSR count). The van der Waals surface area contributed by atoms with Gasteiger partial charge in [-0.15, -0.1) is 0 Å². The Balaban J connectivity index is 1.85. The number of aromatic nitrogens is 1. The van der Waals surface area contributed by atoms with Crippen molar-refractivity contribution >= 4 is 17.4 Å². The Morgan fingerprint density at radius 3 is 2.42 bits per heavy atom. The maximum absolute atomic E-state index is 13.3. The lowest BCUT2D eigenvalue weighted by Gasteiger charge is -2.25. The summed E-state index contributed by atoms with van der Waals surface area (Å²) in [7, 11) is 1.54. The van der Waals surface area contributed by atoms with Crippen LogP contribution >= 0.6 is 0 Å². The molecule has 1 unspecified atom stereocenters. The second-order valence-electron chi connectivity index (χ2n) is 7.07. The minimum Gasteiger partial charge on any atom is -0.507 e. The van der Waals surface area contributed by atoms with Crippen LogP contribution in [-0.2, 0) is 16.1 Å². The second-order valence-corrected chi connectivity index (χ2v) is 7.07. The third-order valence-corrected chi connectivity index (χ3v) is 5.16. The SMILES string of the molecule is COc1ccc(C2/C(=C(/O)c3ccc(F)cc3)C(=O)C(=O)N2Cc2cccnc2)cc1. The van der Waals surface area contributed by atoms with Gasteiger partial charge in [0.05, 0.1) is 18.7 Å². The number of pyridine rings is 1. The number of ketones is 1. The third-order valence-electron chi connectivity index (χ3n) is 5.16. The molecule has 1 N–H and O–H groups in total. The Bertz CT molecular complexity index is 1140. The van der Waals surface area contributed by atoms with Gasteiger partial charge in [-0.05, 0) is 53.6 Å². The number of ether oxygens (including phenoxy) is 1. The number of carbonyl (C=O) groups excluding carboxylic acids is 2. The molecule has 0 aliphatic carbocycles.